The maximum absolute atomic E-state index is 9.37. The van der Waals surface area contributed by atoms with E-state index in [1.807, 2.05) is 6.92 Å². The zero-order valence-electron chi connectivity index (χ0n) is 10.0. The summed E-state index contributed by atoms with van der Waals surface area (Å²) in [7, 11) is 0. The number of hydrogen-bond donors (Lipinski definition) is 1. The smallest absolute Gasteiger partial charge is 0.0526 e. The predicted octanol–water partition coefficient (Wildman–Crippen LogP) is 2.27. The Bertz CT molecular complexity index is 170. The first kappa shape index (κ1) is 12.0. The molecule has 0 aliphatic carbocycles. The van der Waals surface area contributed by atoms with Crippen LogP contribution in [-0.4, -0.2) is 34.7 Å². The van der Waals surface area contributed by atoms with Gasteiger partial charge in [0.25, 0.3) is 0 Å². The lowest BCUT2D eigenvalue weighted by Gasteiger charge is -2.40. The van der Waals surface area contributed by atoms with Crippen LogP contribution >= 0.6 is 0 Å². The highest BCUT2D eigenvalue weighted by Crippen LogP contribution is 2.25. The molecule has 1 saturated heterocycles. The second-order valence-corrected chi connectivity index (χ2v) is 5.15. The molecule has 0 saturated carbocycles. The van der Waals surface area contributed by atoms with Crippen molar-refractivity contribution in [1.29, 1.82) is 0 Å². The number of piperidine rings is 1. The zero-order valence-corrected chi connectivity index (χ0v) is 10.0. The van der Waals surface area contributed by atoms with Crippen LogP contribution in [0.1, 0.15) is 47.0 Å². The van der Waals surface area contributed by atoms with Gasteiger partial charge in [0.1, 0.15) is 0 Å². The Morgan fingerprint density at radius 3 is 2.50 bits per heavy atom. The summed E-state index contributed by atoms with van der Waals surface area (Å²) < 4.78 is 0. The Morgan fingerprint density at radius 2 is 2.00 bits per heavy atom. The Labute approximate surface area is 88.3 Å². The molecule has 1 N–H and O–H groups in total. The van der Waals surface area contributed by atoms with Crippen LogP contribution in [0.3, 0.4) is 0 Å². The van der Waals surface area contributed by atoms with E-state index in [4.69, 9.17) is 0 Å². The van der Waals surface area contributed by atoms with Crippen molar-refractivity contribution < 1.29 is 5.11 Å². The molecule has 84 valence electrons. The molecule has 4 atom stereocenters. The predicted molar refractivity (Wildman–Crippen MR) is 60.3 cm³/mol. The monoisotopic (exact) mass is 199 g/mol. The SMILES string of the molecule is CC(O)CC(C)N1CCC(C)CC1C. The number of hydrogen-bond acceptors (Lipinski definition) is 2. The molecular formula is C12H25NO. The third kappa shape index (κ3) is 3.25. The lowest BCUT2D eigenvalue weighted by Crippen LogP contribution is -2.46. The molecule has 1 aliphatic rings. The molecule has 1 rings (SSSR count). The molecule has 0 amide bonds. The van der Waals surface area contributed by atoms with Crippen LogP contribution in [0.5, 0.6) is 0 Å². The van der Waals surface area contributed by atoms with Gasteiger partial charge < -0.3 is 5.11 Å². The van der Waals surface area contributed by atoms with Crippen LogP contribution in [0.2, 0.25) is 0 Å². The summed E-state index contributed by atoms with van der Waals surface area (Å²) in [5.74, 6) is 0.875. The quantitative estimate of drug-likeness (QED) is 0.753. The third-order valence-electron chi connectivity index (χ3n) is 3.44. The van der Waals surface area contributed by atoms with Crippen LogP contribution in [0.4, 0.5) is 0 Å². The molecule has 1 fully saturated rings. The first-order chi connectivity index (χ1) is 6.50. The lowest BCUT2D eigenvalue weighted by molar-refractivity contribution is 0.0588. The number of rotatable bonds is 3. The number of likely N-dealkylation sites (tertiary alicyclic amines) is 1. The van der Waals surface area contributed by atoms with Crippen molar-refractivity contribution in [3.8, 4) is 0 Å². The molecule has 1 heterocycles. The van der Waals surface area contributed by atoms with Gasteiger partial charge in [0, 0.05) is 12.1 Å². The molecule has 0 bridgehead atoms. The second-order valence-electron chi connectivity index (χ2n) is 5.15. The minimum absolute atomic E-state index is 0.170. The summed E-state index contributed by atoms with van der Waals surface area (Å²) in [6.07, 6.45) is 3.36. The third-order valence-corrected chi connectivity index (χ3v) is 3.44. The second kappa shape index (κ2) is 5.13. The fourth-order valence-electron chi connectivity index (χ4n) is 2.71. The summed E-state index contributed by atoms with van der Waals surface area (Å²) in [6, 6.07) is 1.21. The van der Waals surface area contributed by atoms with Gasteiger partial charge in [0.05, 0.1) is 6.10 Å². The average molecular weight is 199 g/mol. The molecule has 0 radical (unpaired) electrons. The maximum atomic E-state index is 9.37. The van der Waals surface area contributed by atoms with E-state index in [2.05, 4.69) is 25.7 Å². The molecule has 0 aromatic heterocycles. The van der Waals surface area contributed by atoms with E-state index in [1.165, 1.54) is 19.4 Å². The van der Waals surface area contributed by atoms with Gasteiger partial charge in [-0.3, -0.25) is 4.90 Å². The van der Waals surface area contributed by atoms with Gasteiger partial charge in [-0.1, -0.05) is 6.92 Å². The lowest BCUT2D eigenvalue weighted by atomic mass is 9.91. The van der Waals surface area contributed by atoms with E-state index in [9.17, 15) is 5.11 Å². The van der Waals surface area contributed by atoms with Gasteiger partial charge in [0.15, 0.2) is 0 Å². The van der Waals surface area contributed by atoms with Crippen molar-refractivity contribution in [3.63, 3.8) is 0 Å². The molecule has 2 heteroatoms. The number of aliphatic hydroxyl groups is 1. The standard InChI is InChI=1S/C12H25NO/c1-9-5-6-13(10(2)7-9)11(3)8-12(4)14/h9-12,14H,5-8H2,1-4H3. The molecule has 4 unspecified atom stereocenters. The summed E-state index contributed by atoms with van der Waals surface area (Å²) in [4.78, 5) is 2.55. The van der Waals surface area contributed by atoms with E-state index >= 15 is 0 Å². The normalized spacial score (nSPS) is 34.1. The van der Waals surface area contributed by atoms with E-state index in [1.54, 1.807) is 0 Å². The fourth-order valence-corrected chi connectivity index (χ4v) is 2.71. The highest BCUT2D eigenvalue weighted by Gasteiger charge is 2.26. The minimum Gasteiger partial charge on any atom is -0.393 e. The molecule has 14 heavy (non-hydrogen) atoms. The van der Waals surface area contributed by atoms with E-state index < -0.39 is 0 Å². The largest absolute Gasteiger partial charge is 0.393 e. The van der Waals surface area contributed by atoms with Gasteiger partial charge in [-0.05, 0) is 52.5 Å². The number of aliphatic hydroxyl groups excluding tert-OH is 1. The zero-order chi connectivity index (χ0) is 10.7. The highest BCUT2D eigenvalue weighted by atomic mass is 16.3. The molecule has 2 nitrogen and oxygen atoms in total. The van der Waals surface area contributed by atoms with Crippen molar-refractivity contribution in [3.05, 3.63) is 0 Å². The van der Waals surface area contributed by atoms with E-state index in [0.29, 0.717) is 12.1 Å². The van der Waals surface area contributed by atoms with Gasteiger partial charge in [-0.25, -0.2) is 0 Å². The van der Waals surface area contributed by atoms with Crippen LogP contribution in [0.25, 0.3) is 0 Å². The Balaban J connectivity index is 2.43. The van der Waals surface area contributed by atoms with E-state index in [-0.39, 0.29) is 6.10 Å². The van der Waals surface area contributed by atoms with Crippen LogP contribution in [0.15, 0.2) is 0 Å². The maximum Gasteiger partial charge on any atom is 0.0526 e. The fraction of sp³-hybridized carbons (Fsp3) is 1.00. The van der Waals surface area contributed by atoms with Gasteiger partial charge in [-0.2, -0.15) is 0 Å². The van der Waals surface area contributed by atoms with Crippen molar-refractivity contribution >= 4 is 0 Å². The average Bonchev–Trinajstić information content (AvgIpc) is 2.01. The van der Waals surface area contributed by atoms with Gasteiger partial charge in [-0.15, -0.1) is 0 Å². The van der Waals surface area contributed by atoms with Crippen molar-refractivity contribution in [1.82, 2.24) is 4.90 Å². The summed E-state index contributed by atoms with van der Waals surface area (Å²) in [5, 5.41) is 9.37. The van der Waals surface area contributed by atoms with Crippen molar-refractivity contribution in [2.24, 2.45) is 5.92 Å². The van der Waals surface area contributed by atoms with Gasteiger partial charge >= 0.3 is 0 Å². The molecular weight excluding hydrogens is 174 g/mol. The minimum atomic E-state index is -0.170. The van der Waals surface area contributed by atoms with Crippen molar-refractivity contribution in [2.75, 3.05) is 6.54 Å². The summed E-state index contributed by atoms with van der Waals surface area (Å²) >= 11 is 0. The Kier molecular flexibility index (Phi) is 4.39. The van der Waals surface area contributed by atoms with Gasteiger partial charge in [0.2, 0.25) is 0 Å². The number of nitrogens with zero attached hydrogens (tertiary/aromatic N) is 1. The molecule has 0 spiro atoms. The van der Waals surface area contributed by atoms with Crippen molar-refractivity contribution in [2.45, 2.75) is 65.1 Å². The molecule has 0 aromatic rings. The first-order valence-electron chi connectivity index (χ1n) is 5.94. The van der Waals surface area contributed by atoms with E-state index in [0.717, 1.165) is 12.3 Å². The Morgan fingerprint density at radius 1 is 1.36 bits per heavy atom. The van der Waals surface area contributed by atoms with Crippen LogP contribution < -0.4 is 0 Å². The molecule has 0 aromatic carbocycles. The molecule has 1 aliphatic heterocycles. The Hall–Kier alpha value is -0.0800. The van der Waals surface area contributed by atoms with Crippen LogP contribution in [-0.2, 0) is 0 Å². The summed E-state index contributed by atoms with van der Waals surface area (Å²) in [6.45, 7) is 9.98. The summed E-state index contributed by atoms with van der Waals surface area (Å²) in [5.41, 5.74) is 0. The van der Waals surface area contributed by atoms with Crippen LogP contribution in [0, 0.1) is 5.92 Å². The highest BCUT2D eigenvalue weighted by molar-refractivity contribution is 4.81. The topological polar surface area (TPSA) is 23.5 Å². The first-order valence-corrected chi connectivity index (χ1v) is 5.94.